The van der Waals surface area contributed by atoms with E-state index < -0.39 is 5.60 Å². The summed E-state index contributed by atoms with van der Waals surface area (Å²) in [6, 6.07) is 13.1. The van der Waals surface area contributed by atoms with Gasteiger partial charge in [0.2, 0.25) is 5.91 Å². The molecule has 2 aromatic rings. The minimum atomic E-state index is -0.709. The number of ether oxygens (including phenoxy) is 3. The fourth-order valence-corrected chi connectivity index (χ4v) is 4.34. The van der Waals surface area contributed by atoms with Gasteiger partial charge in [-0.2, -0.15) is 0 Å². The highest BCUT2D eigenvalue weighted by atomic mass is 16.6. The quantitative estimate of drug-likeness (QED) is 0.727. The summed E-state index contributed by atoms with van der Waals surface area (Å²) in [6.45, 7) is 1.09. The van der Waals surface area contributed by atoms with Crippen LogP contribution in [0.15, 0.2) is 42.5 Å². The number of amides is 1. The van der Waals surface area contributed by atoms with Crippen LogP contribution < -0.4 is 9.47 Å². The molecule has 2 aliphatic rings. The molecule has 0 aromatic heterocycles. The van der Waals surface area contributed by atoms with Crippen molar-refractivity contribution in [1.82, 2.24) is 4.90 Å². The number of piperidine rings is 1. The monoisotopic (exact) mass is 395 g/mol. The van der Waals surface area contributed by atoms with Crippen LogP contribution in [0.4, 0.5) is 0 Å². The summed E-state index contributed by atoms with van der Waals surface area (Å²) in [5.41, 5.74) is 1.77. The van der Waals surface area contributed by atoms with Gasteiger partial charge in [-0.05, 0) is 37.0 Å². The Hall–Kier alpha value is -3.02. The number of methoxy groups -OCH3 is 2. The zero-order valence-electron chi connectivity index (χ0n) is 16.8. The third-order valence-corrected chi connectivity index (χ3v) is 5.84. The van der Waals surface area contributed by atoms with Gasteiger partial charge in [0, 0.05) is 24.6 Å². The maximum absolute atomic E-state index is 12.9. The van der Waals surface area contributed by atoms with E-state index in [1.54, 1.807) is 20.3 Å². The molecule has 2 heterocycles. The average Bonchev–Trinajstić information content (AvgIpc) is 3.03. The predicted molar refractivity (Wildman–Crippen MR) is 107 cm³/mol. The van der Waals surface area contributed by atoms with E-state index in [-0.39, 0.29) is 11.9 Å². The summed E-state index contributed by atoms with van der Waals surface area (Å²) >= 11 is 0. The molecule has 0 radical (unpaired) electrons. The fraction of sp³-hybridized carbons (Fsp3) is 0.391. The summed E-state index contributed by atoms with van der Waals surface area (Å²) in [6.07, 6.45) is 2.49. The highest BCUT2D eigenvalue weighted by molar-refractivity contribution is 5.95. The van der Waals surface area contributed by atoms with Gasteiger partial charge in [0.15, 0.2) is 5.60 Å². The first-order chi connectivity index (χ1) is 14.1. The minimum absolute atomic E-state index is 0.0578. The van der Waals surface area contributed by atoms with E-state index in [0.717, 1.165) is 29.7 Å². The molecule has 1 fully saturated rings. The third-order valence-electron chi connectivity index (χ3n) is 5.84. The number of rotatable bonds is 5. The molecule has 29 heavy (non-hydrogen) atoms. The topological polar surface area (TPSA) is 65.1 Å². The van der Waals surface area contributed by atoms with E-state index in [2.05, 4.69) is 0 Å². The number of aryl methyl sites for hydroxylation is 1. The van der Waals surface area contributed by atoms with E-state index in [4.69, 9.17) is 14.2 Å². The van der Waals surface area contributed by atoms with E-state index in [9.17, 15) is 9.59 Å². The van der Waals surface area contributed by atoms with Gasteiger partial charge in [0.1, 0.15) is 11.5 Å². The van der Waals surface area contributed by atoms with Crippen LogP contribution in [0.1, 0.15) is 40.7 Å². The van der Waals surface area contributed by atoms with Crippen LogP contribution in [0.2, 0.25) is 0 Å². The Balaban J connectivity index is 1.46. The van der Waals surface area contributed by atoms with Gasteiger partial charge >= 0.3 is 5.97 Å². The largest absolute Gasteiger partial charge is 0.497 e. The molecule has 1 atom stereocenters. The molecule has 2 aliphatic heterocycles. The number of benzene rings is 2. The van der Waals surface area contributed by atoms with Crippen molar-refractivity contribution in [3.8, 4) is 11.5 Å². The Kier molecular flexibility index (Phi) is 5.18. The molecule has 0 N–H and O–H groups in total. The van der Waals surface area contributed by atoms with Crippen LogP contribution in [-0.2, 0) is 21.6 Å². The highest BCUT2D eigenvalue weighted by Gasteiger charge is 2.48. The molecule has 4 rings (SSSR count). The summed E-state index contributed by atoms with van der Waals surface area (Å²) in [4.78, 5) is 27.1. The van der Waals surface area contributed by atoms with Crippen LogP contribution in [0.3, 0.4) is 0 Å². The van der Waals surface area contributed by atoms with Crippen LogP contribution in [0.25, 0.3) is 0 Å². The summed E-state index contributed by atoms with van der Waals surface area (Å²) in [5, 5.41) is 0. The Bertz CT molecular complexity index is 941. The molecule has 0 bridgehead atoms. The average molecular weight is 395 g/mol. The van der Waals surface area contributed by atoms with Crippen molar-refractivity contribution in [2.24, 2.45) is 0 Å². The number of hydrogen-bond donors (Lipinski definition) is 0. The number of fused-ring (bicyclic) bond motifs is 2. The Morgan fingerprint density at radius 3 is 2.79 bits per heavy atom. The predicted octanol–water partition coefficient (Wildman–Crippen LogP) is 3.32. The molecular formula is C23H25NO5. The van der Waals surface area contributed by atoms with Crippen molar-refractivity contribution in [3.05, 3.63) is 59.2 Å². The third kappa shape index (κ3) is 3.55. The van der Waals surface area contributed by atoms with Gasteiger partial charge in [0.05, 0.1) is 26.3 Å². The van der Waals surface area contributed by atoms with E-state index in [0.29, 0.717) is 37.2 Å². The first-order valence-electron chi connectivity index (χ1n) is 9.88. The summed E-state index contributed by atoms with van der Waals surface area (Å²) in [7, 11) is 3.22. The van der Waals surface area contributed by atoms with Crippen molar-refractivity contribution in [2.45, 2.75) is 31.3 Å². The molecular weight excluding hydrogens is 370 g/mol. The van der Waals surface area contributed by atoms with Crippen molar-refractivity contribution < 1.29 is 23.8 Å². The lowest BCUT2D eigenvalue weighted by Crippen LogP contribution is -2.48. The second kappa shape index (κ2) is 7.78. The molecule has 6 nitrogen and oxygen atoms in total. The fourth-order valence-electron chi connectivity index (χ4n) is 4.34. The number of carbonyl (C=O) groups is 2. The van der Waals surface area contributed by atoms with Crippen LogP contribution in [0.5, 0.6) is 11.5 Å². The smallest absolute Gasteiger partial charge is 0.339 e. The summed E-state index contributed by atoms with van der Waals surface area (Å²) < 4.78 is 16.5. The molecule has 1 spiro atoms. The molecule has 6 heteroatoms. The van der Waals surface area contributed by atoms with Gasteiger partial charge < -0.3 is 19.1 Å². The number of likely N-dealkylation sites (tertiary alicyclic amines) is 1. The van der Waals surface area contributed by atoms with Crippen molar-refractivity contribution >= 4 is 11.9 Å². The van der Waals surface area contributed by atoms with Gasteiger partial charge in [-0.25, -0.2) is 4.79 Å². The molecule has 2 aromatic carbocycles. The maximum Gasteiger partial charge on any atom is 0.339 e. The number of esters is 1. The highest BCUT2D eigenvalue weighted by Crippen LogP contribution is 2.42. The molecule has 152 valence electrons. The molecule has 0 saturated carbocycles. The first kappa shape index (κ1) is 19.3. The van der Waals surface area contributed by atoms with E-state index >= 15 is 0 Å². The van der Waals surface area contributed by atoms with Gasteiger partial charge in [0.25, 0.3) is 0 Å². The zero-order chi connectivity index (χ0) is 20.4. The molecule has 0 aliphatic carbocycles. The van der Waals surface area contributed by atoms with Gasteiger partial charge in [-0.3, -0.25) is 4.79 Å². The lowest BCUT2D eigenvalue weighted by molar-refractivity contribution is -0.138. The van der Waals surface area contributed by atoms with Crippen molar-refractivity contribution in [1.29, 1.82) is 0 Å². The van der Waals surface area contributed by atoms with Crippen LogP contribution >= 0.6 is 0 Å². The minimum Gasteiger partial charge on any atom is -0.497 e. The van der Waals surface area contributed by atoms with E-state index in [1.165, 1.54) is 0 Å². The number of nitrogens with zero attached hydrogens (tertiary/aromatic N) is 1. The second-order valence-electron chi connectivity index (χ2n) is 7.53. The SMILES string of the molecule is COc1ccc(CCC(=O)N2CCCC3(C2)OC(=O)c2ccccc23)c(OC)c1. The van der Waals surface area contributed by atoms with Gasteiger partial charge in [-0.15, -0.1) is 0 Å². The second-order valence-corrected chi connectivity index (χ2v) is 7.53. The summed E-state index contributed by atoms with van der Waals surface area (Å²) in [5.74, 6) is 1.20. The lowest BCUT2D eigenvalue weighted by Gasteiger charge is -2.39. The molecule has 1 saturated heterocycles. The maximum atomic E-state index is 12.9. The Morgan fingerprint density at radius 2 is 2.00 bits per heavy atom. The van der Waals surface area contributed by atoms with E-state index in [1.807, 2.05) is 41.3 Å². The normalized spacial score (nSPS) is 20.3. The Morgan fingerprint density at radius 1 is 1.17 bits per heavy atom. The molecule has 1 amide bonds. The lowest BCUT2D eigenvalue weighted by atomic mass is 9.85. The molecule has 1 unspecified atom stereocenters. The van der Waals surface area contributed by atoms with Crippen molar-refractivity contribution in [3.63, 3.8) is 0 Å². The van der Waals surface area contributed by atoms with Crippen LogP contribution in [-0.4, -0.2) is 44.1 Å². The number of carbonyl (C=O) groups excluding carboxylic acids is 2. The van der Waals surface area contributed by atoms with Crippen LogP contribution in [0, 0.1) is 0 Å². The van der Waals surface area contributed by atoms with Crippen molar-refractivity contribution in [2.75, 3.05) is 27.3 Å². The standard InChI is InChI=1S/C23H25NO5/c1-27-17-10-8-16(20(14-17)28-2)9-11-21(25)24-13-5-12-23(15-24)19-7-4-3-6-18(19)22(26)29-23/h3-4,6-8,10,14H,5,9,11-13,15H2,1-2H3. The van der Waals surface area contributed by atoms with Gasteiger partial charge in [-0.1, -0.05) is 24.3 Å². The Labute approximate surface area is 170 Å². The first-order valence-corrected chi connectivity index (χ1v) is 9.88. The zero-order valence-corrected chi connectivity index (χ0v) is 16.8. The number of hydrogen-bond acceptors (Lipinski definition) is 5.